The van der Waals surface area contributed by atoms with Crippen LogP contribution in [0.4, 0.5) is 0 Å². The van der Waals surface area contributed by atoms with E-state index in [2.05, 4.69) is 0 Å². The molecule has 0 atom stereocenters. The van der Waals surface area contributed by atoms with E-state index in [1.165, 1.54) is 6.08 Å². The second kappa shape index (κ2) is 4.48. The van der Waals surface area contributed by atoms with Gasteiger partial charge in [0, 0.05) is 10.1 Å². The number of carbonyl (C=O) groups is 1. The molecular formula is C9H8Cl2O. The predicted octanol–water partition coefficient (Wildman–Crippen LogP) is 3.15. The molecule has 0 bridgehead atoms. The molecule has 1 aliphatic rings. The number of allylic oxidation sites excluding steroid dienone is 6. The molecule has 0 aromatic heterocycles. The van der Waals surface area contributed by atoms with E-state index in [-0.39, 0.29) is 0 Å². The Bertz CT molecular complexity index is 274. The zero-order valence-electron chi connectivity index (χ0n) is 6.39. The van der Waals surface area contributed by atoms with E-state index in [1.807, 2.05) is 0 Å². The van der Waals surface area contributed by atoms with E-state index in [1.54, 1.807) is 12.2 Å². The monoisotopic (exact) mass is 202 g/mol. The normalized spacial score (nSPS) is 18.3. The van der Waals surface area contributed by atoms with Crippen molar-refractivity contribution in [2.45, 2.75) is 12.8 Å². The Kier molecular flexibility index (Phi) is 3.57. The Balaban J connectivity index is 2.82. The highest BCUT2D eigenvalue weighted by Crippen LogP contribution is 2.28. The summed E-state index contributed by atoms with van der Waals surface area (Å²) >= 11 is 11.6. The Labute approximate surface area is 81.4 Å². The smallest absolute Gasteiger partial charge is 0.142 e. The minimum atomic E-state index is 0.629. The quantitative estimate of drug-likeness (QED) is 0.497. The minimum Gasteiger partial charge on any atom is -0.299 e. The van der Waals surface area contributed by atoms with Gasteiger partial charge in [0.1, 0.15) is 6.29 Å². The van der Waals surface area contributed by atoms with Crippen LogP contribution >= 0.6 is 23.2 Å². The zero-order valence-corrected chi connectivity index (χ0v) is 7.90. The highest BCUT2D eigenvalue weighted by molar-refractivity contribution is 6.35. The van der Waals surface area contributed by atoms with Crippen molar-refractivity contribution in [2.24, 2.45) is 0 Å². The van der Waals surface area contributed by atoms with E-state index in [0.29, 0.717) is 5.03 Å². The SMILES string of the molecule is O=C/C=C/C1=C(Cl)C=C(Cl)CC1. The van der Waals surface area contributed by atoms with Crippen LogP contribution in [0.2, 0.25) is 0 Å². The molecule has 0 saturated carbocycles. The molecule has 1 aliphatic carbocycles. The third-order valence-electron chi connectivity index (χ3n) is 1.60. The number of rotatable bonds is 2. The highest BCUT2D eigenvalue weighted by atomic mass is 35.5. The summed E-state index contributed by atoms with van der Waals surface area (Å²) in [6.45, 7) is 0. The van der Waals surface area contributed by atoms with Gasteiger partial charge in [0.2, 0.25) is 0 Å². The highest BCUT2D eigenvalue weighted by Gasteiger charge is 2.07. The summed E-state index contributed by atoms with van der Waals surface area (Å²) in [5.41, 5.74) is 0.966. The van der Waals surface area contributed by atoms with Crippen molar-refractivity contribution >= 4 is 29.5 Å². The van der Waals surface area contributed by atoms with E-state index in [4.69, 9.17) is 23.2 Å². The fourth-order valence-electron chi connectivity index (χ4n) is 0.994. The van der Waals surface area contributed by atoms with Gasteiger partial charge in [0.15, 0.2) is 0 Å². The fraction of sp³-hybridized carbons (Fsp3) is 0.222. The largest absolute Gasteiger partial charge is 0.299 e. The van der Waals surface area contributed by atoms with Gasteiger partial charge in [-0.3, -0.25) is 4.79 Å². The predicted molar refractivity (Wildman–Crippen MR) is 51.3 cm³/mol. The molecule has 0 aromatic carbocycles. The molecule has 64 valence electrons. The minimum absolute atomic E-state index is 0.629. The van der Waals surface area contributed by atoms with E-state index >= 15 is 0 Å². The molecule has 0 heterocycles. The van der Waals surface area contributed by atoms with Crippen LogP contribution in [0, 0.1) is 0 Å². The lowest BCUT2D eigenvalue weighted by molar-refractivity contribution is -0.104. The molecule has 0 unspecified atom stereocenters. The van der Waals surface area contributed by atoms with Crippen molar-refractivity contribution in [1.82, 2.24) is 0 Å². The molecule has 3 heteroatoms. The van der Waals surface area contributed by atoms with Crippen molar-refractivity contribution in [1.29, 1.82) is 0 Å². The van der Waals surface area contributed by atoms with Crippen molar-refractivity contribution < 1.29 is 4.79 Å². The molecule has 0 spiro atoms. The first kappa shape index (κ1) is 9.56. The molecule has 0 radical (unpaired) electrons. The molecule has 0 aromatic rings. The maximum Gasteiger partial charge on any atom is 0.142 e. The Morgan fingerprint density at radius 1 is 1.33 bits per heavy atom. The van der Waals surface area contributed by atoms with Gasteiger partial charge in [-0.05, 0) is 30.6 Å². The van der Waals surface area contributed by atoms with Crippen LogP contribution in [0.15, 0.2) is 33.9 Å². The molecule has 0 N–H and O–H groups in total. The summed E-state index contributed by atoms with van der Waals surface area (Å²) in [5.74, 6) is 0. The number of halogens is 2. The van der Waals surface area contributed by atoms with Gasteiger partial charge in [-0.1, -0.05) is 29.3 Å². The van der Waals surface area contributed by atoms with Crippen LogP contribution in [0.3, 0.4) is 0 Å². The first-order valence-corrected chi connectivity index (χ1v) is 4.36. The summed E-state index contributed by atoms with van der Waals surface area (Å²) < 4.78 is 0. The van der Waals surface area contributed by atoms with Gasteiger partial charge in [-0.25, -0.2) is 0 Å². The van der Waals surface area contributed by atoms with E-state index in [9.17, 15) is 4.79 Å². The molecule has 0 amide bonds. The van der Waals surface area contributed by atoms with Crippen LogP contribution in [-0.4, -0.2) is 6.29 Å². The lowest BCUT2D eigenvalue weighted by Crippen LogP contribution is -1.90. The molecule has 1 nitrogen and oxygen atoms in total. The third kappa shape index (κ3) is 2.50. The summed E-state index contributed by atoms with van der Waals surface area (Å²) in [4.78, 5) is 10.0. The van der Waals surface area contributed by atoms with E-state index < -0.39 is 0 Å². The van der Waals surface area contributed by atoms with Gasteiger partial charge in [0.25, 0.3) is 0 Å². The Morgan fingerprint density at radius 2 is 2.08 bits per heavy atom. The van der Waals surface area contributed by atoms with Crippen molar-refractivity contribution in [2.75, 3.05) is 0 Å². The molecule has 1 rings (SSSR count). The maximum atomic E-state index is 10.0. The average Bonchev–Trinajstić information content (AvgIpc) is 2.03. The lowest BCUT2D eigenvalue weighted by atomic mass is 10.0. The molecule has 0 saturated heterocycles. The first-order valence-electron chi connectivity index (χ1n) is 3.60. The van der Waals surface area contributed by atoms with Gasteiger partial charge in [-0.2, -0.15) is 0 Å². The van der Waals surface area contributed by atoms with Gasteiger partial charge >= 0.3 is 0 Å². The maximum absolute atomic E-state index is 10.0. The van der Waals surface area contributed by atoms with Crippen LogP contribution in [0.25, 0.3) is 0 Å². The topological polar surface area (TPSA) is 17.1 Å². The van der Waals surface area contributed by atoms with Gasteiger partial charge < -0.3 is 0 Å². The fourth-order valence-corrected chi connectivity index (χ4v) is 1.54. The summed E-state index contributed by atoms with van der Waals surface area (Å²) in [6, 6.07) is 0. The summed E-state index contributed by atoms with van der Waals surface area (Å²) in [7, 11) is 0. The van der Waals surface area contributed by atoms with Gasteiger partial charge in [0.05, 0.1) is 0 Å². The van der Waals surface area contributed by atoms with E-state index in [0.717, 1.165) is 29.7 Å². The Hall–Kier alpha value is -0.530. The van der Waals surface area contributed by atoms with Crippen molar-refractivity contribution in [3.63, 3.8) is 0 Å². The standard InChI is InChI=1S/C9H8Cl2O/c10-8-4-3-7(2-1-5-12)9(11)6-8/h1-2,5-6H,3-4H2/b2-1+. The third-order valence-corrected chi connectivity index (χ3v) is 2.25. The summed E-state index contributed by atoms with van der Waals surface area (Å²) in [5, 5.41) is 1.40. The molecular weight excluding hydrogens is 195 g/mol. The molecule has 0 fully saturated rings. The molecule has 0 aliphatic heterocycles. The van der Waals surface area contributed by atoms with Crippen molar-refractivity contribution in [3.05, 3.63) is 33.9 Å². The number of hydrogen-bond donors (Lipinski definition) is 0. The number of hydrogen-bond acceptors (Lipinski definition) is 1. The second-order valence-electron chi connectivity index (χ2n) is 2.46. The lowest BCUT2D eigenvalue weighted by Gasteiger charge is -2.09. The number of aldehydes is 1. The van der Waals surface area contributed by atoms with Crippen LogP contribution in [-0.2, 0) is 4.79 Å². The average molecular weight is 203 g/mol. The number of carbonyl (C=O) groups excluding carboxylic acids is 1. The van der Waals surface area contributed by atoms with Gasteiger partial charge in [-0.15, -0.1) is 0 Å². The summed E-state index contributed by atoms with van der Waals surface area (Å²) in [6.07, 6.45) is 7.21. The Morgan fingerprint density at radius 3 is 2.67 bits per heavy atom. The van der Waals surface area contributed by atoms with Crippen LogP contribution in [0.5, 0.6) is 0 Å². The van der Waals surface area contributed by atoms with Crippen molar-refractivity contribution in [3.8, 4) is 0 Å². The molecule has 12 heavy (non-hydrogen) atoms. The van der Waals surface area contributed by atoms with Crippen LogP contribution < -0.4 is 0 Å². The first-order chi connectivity index (χ1) is 5.74. The zero-order chi connectivity index (χ0) is 8.97. The second-order valence-corrected chi connectivity index (χ2v) is 3.35. The van der Waals surface area contributed by atoms with Crippen LogP contribution in [0.1, 0.15) is 12.8 Å².